The first kappa shape index (κ1) is 13.7. The quantitative estimate of drug-likeness (QED) is 0.823. The summed E-state index contributed by atoms with van der Waals surface area (Å²) >= 11 is 0. The van der Waals surface area contributed by atoms with E-state index in [0.717, 1.165) is 17.5 Å². The van der Waals surface area contributed by atoms with Crippen molar-refractivity contribution < 1.29 is 14.3 Å². The predicted molar refractivity (Wildman–Crippen MR) is 71.2 cm³/mol. The average molecular weight is 263 g/mol. The Hall–Kier alpha value is -1.68. The van der Waals surface area contributed by atoms with Crippen molar-refractivity contribution in [2.24, 2.45) is 0 Å². The lowest BCUT2D eigenvalue weighted by molar-refractivity contribution is -0.121. The zero-order valence-electron chi connectivity index (χ0n) is 10.9. The number of carbonyl (C=O) groups is 1. The largest absolute Gasteiger partial charge is 0.394 e. The van der Waals surface area contributed by atoms with Crippen LogP contribution in [0.1, 0.15) is 36.8 Å². The van der Waals surface area contributed by atoms with Crippen LogP contribution in [-0.4, -0.2) is 17.6 Å². The molecule has 1 aromatic carbocycles. The van der Waals surface area contributed by atoms with Crippen LogP contribution in [0.3, 0.4) is 0 Å². The normalized spacial score (nSPS) is 25.5. The lowest BCUT2D eigenvalue weighted by Gasteiger charge is -2.40. The first-order chi connectivity index (χ1) is 9.00. The summed E-state index contributed by atoms with van der Waals surface area (Å²) in [5, 5.41) is 12.3. The molecule has 19 heavy (non-hydrogen) atoms. The SMILES string of the molecule is C=C(F)C(=O)NC1(CO)CCC(C)c2ccccc21. The number of amides is 1. The Balaban J connectivity index is 2.44. The zero-order valence-corrected chi connectivity index (χ0v) is 10.9. The molecule has 1 amide bonds. The molecule has 2 rings (SSSR count). The number of benzene rings is 1. The van der Waals surface area contributed by atoms with Gasteiger partial charge in [0.2, 0.25) is 0 Å². The Kier molecular flexibility index (Phi) is 3.71. The van der Waals surface area contributed by atoms with Crippen LogP contribution in [0, 0.1) is 0 Å². The van der Waals surface area contributed by atoms with Gasteiger partial charge in [-0.15, -0.1) is 0 Å². The maximum atomic E-state index is 12.9. The van der Waals surface area contributed by atoms with Crippen molar-refractivity contribution in [3.63, 3.8) is 0 Å². The van der Waals surface area contributed by atoms with E-state index in [2.05, 4.69) is 18.8 Å². The number of rotatable bonds is 3. The van der Waals surface area contributed by atoms with E-state index in [1.54, 1.807) is 0 Å². The number of nitrogens with one attached hydrogen (secondary N) is 1. The van der Waals surface area contributed by atoms with E-state index in [1.165, 1.54) is 0 Å². The highest BCUT2D eigenvalue weighted by Crippen LogP contribution is 2.41. The van der Waals surface area contributed by atoms with E-state index in [4.69, 9.17) is 0 Å². The second-order valence-corrected chi connectivity index (χ2v) is 5.13. The number of fused-ring (bicyclic) bond motifs is 1. The van der Waals surface area contributed by atoms with Crippen LogP contribution in [0.5, 0.6) is 0 Å². The molecule has 0 saturated heterocycles. The van der Waals surface area contributed by atoms with Crippen LogP contribution in [0.25, 0.3) is 0 Å². The summed E-state index contributed by atoms with van der Waals surface area (Å²) in [4.78, 5) is 11.6. The van der Waals surface area contributed by atoms with Crippen molar-refractivity contribution in [1.82, 2.24) is 5.32 Å². The molecule has 0 aliphatic heterocycles. The second-order valence-electron chi connectivity index (χ2n) is 5.13. The molecule has 1 aromatic rings. The molecule has 0 aromatic heterocycles. The fourth-order valence-corrected chi connectivity index (χ4v) is 2.73. The second kappa shape index (κ2) is 5.13. The van der Waals surface area contributed by atoms with Crippen LogP contribution in [0.2, 0.25) is 0 Å². The van der Waals surface area contributed by atoms with E-state index >= 15 is 0 Å². The molecule has 0 fully saturated rings. The summed E-state index contributed by atoms with van der Waals surface area (Å²) in [6.45, 7) is 4.85. The smallest absolute Gasteiger partial charge is 0.280 e. The molecule has 0 bridgehead atoms. The summed E-state index contributed by atoms with van der Waals surface area (Å²) in [5.41, 5.74) is 1.05. The van der Waals surface area contributed by atoms with E-state index in [0.29, 0.717) is 12.3 Å². The number of hydrogen-bond acceptors (Lipinski definition) is 2. The maximum Gasteiger partial charge on any atom is 0.280 e. The van der Waals surface area contributed by atoms with Crippen molar-refractivity contribution >= 4 is 5.91 Å². The Labute approximate surface area is 112 Å². The summed E-state index contributed by atoms with van der Waals surface area (Å²) in [5.74, 6) is -1.54. The fourth-order valence-electron chi connectivity index (χ4n) is 2.73. The van der Waals surface area contributed by atoms with Gasteiger partial charge in [0.15, 0.2) is 5.83 Å². The number of aliphatic hydroxyl groups excluding tert-OH is 1. The topological polar surface area (TPSA) is 49.3 Å². The van der Waals surface area contributed by atoms with Gasteiger partial charge in [-0.05, 0) is 29.9 Å². The molecule has 1 aliphatic carbocycles. The number of aliphatic hydroxyl groups is 1. The minimum atomic E-state index is -1.04. The Morgan fingerprint density at radius 2 is 2.26 bits per heavy atom. The molecule has 0 saturated carbocycles. The molecule has 2 N–H and O–H groups in total. The van der Waals surface area contributed by atoms with Crippen LogP contribution in [-0.2, 0) is 10.3 Å². The average Bonchev–Trinajstić information content (AvgIpc) is 2.42. The third kappa shape index (κ3) is 2.40. The van der Waals surface area contributed by atoms with Gasteiger partial charge >= 0.3 is 0 Å². The molecule has 102 valence electrons. The van der Waals surface area contributed by atoms with Crippen molar-refractivity contribution in [2.75, 3.05) is 6.61 Å². The van der Waals surface area contributed by atoms with Gasteiger partial charge in [-0.25, -0.2) is 4.39 Å². The van der Waals surface area contributed by atoms with Crippen LogP contribution >= 0.6 is 0 Å². The van der Waals surface area contributed by atoms with Crippen LogP contribution in [0.4, 0.5) is 4.39 Å². The maximum absolute atomic E-state index is 12.9. The molecular formula is C15H18FNO2. The third-order valence-corrected chi connectivity index (χ3v) is 3.88. The first-order valence-electron chi connectivity index (χ1n) is 6.37. The molecule has 3 nitrogen and oxygen atoms in total. The predicted octanol–water partition coefficient (Wildman–Crippen LogP) is 2.37. The van der Waals surface area contributed by atoms with Crippen molar-refractivity contribution in [1.29, 1.82) is 0 Å². The van der Waals surface area contributed by atoms with Crippen molar-refractivity contribution in [3.05, 3.63) is 47.8 Å². The standard InChI is InChI=1S/C15H18FNO2/c1-10-7-8-15(9-18,17-14(19)11(2)16)13-6-4-3-5-12(10)13/h3-6,10,18H,2,7-9H2,1H3,(H,17,19). The van der Waals surface area contributed by atoms with Crippen molar-refractivity contribution in [3.8, 4) is 0 Å². The lowest BCUT2D eigenvalue weighted by atomic mass is 9.72. The molecule has 1 aliphatic rings. The van der Waals surface area contributed by atoms with Gasteiger partial charge in [0.25, 0.3) is 5.91 Å². The van der Waals surface area contributed by atoms with Crippen LogP contribution < -0.4 is 5.32 Å². The first-order valence-corrected chi connectivity index (χ1v) is 6.37. The highest BCUT2D eigenvalue weighted by atomic mass is 19.1. The number of halogens is 1. The summed E-state index contributed by atoms with van der Waals surface area (Å²) in [7, 11) is 0. The minimum absolute atomic E-state index is 0.254. The molecule has 2 atom stereocenters. The van der Waals surface area contributed by atoms with E-state index in [9.17, 15) is 14.3 Å². The highest BCUT2D eigenvalue weighted by Gasteiger charge is 2.39. The molecule has 0 radical (unpaired) electrons. The number of hydrogen-bond donors (Lipinski definition) is 2. The summed E-state index contributed by atoms with van der Waals surface area (Å²) < 4.78 is 12.9. The Morgan fingerprint density at radius 1 is 1.58 bits per heavy atom. The number of carbonyl (C=O) groups excluding carboxylic acids is 1. The summed E-state index contributed by atoms with van der Waals surface area (Å²) in [6, 6.07) is 7.65. The lowest BCUT2D eigenvalue weighted by Crippen LogP contribution is -2.51. The van der Waals surface area contributed by atoms with Gasteiger partial charge in [0, 0.05) is 0 Å². The van der Waals surface area contributed by atoms with E-state index in [1.807, 2.05) is 24.3 Å². The van der Waals surface area contributed by atoms with Gasteiger partial charge in [0.1, 0.15) is 0 Å². The molecule has 4 heteroatoms. The monoisotopic (exact) mass is 263 g/mol. The van der Waals surface area contributed by atoms with E-state index < -0.39 is 17.3 Å². The van der Waals surface area contributed by atoms with Gasteiger partial charge in [-0.3, -0.25) is 4.79 Å². The fraction of sp³-hybridized carbons (Fsp3) is 0.400. The third-order valence-electron chi connectivity index (χ3n) is 3.88. The molecule has 0 heterocycles. The van der Waals surface area contributed by atoms with Crippen molar-refractivity contribution in [2.45, 2.75) is 31.2 Å². The molecular weight excluding hydrogens is 245 g/mol. The molecule has 0 spiro atoms. The van der Waals surface area contributed by atoms with Gasteiger partial charge in [-0.1, -0.05) is 37.8 Å². The van der Waals surface area contributed by atoms with Gasteiger partial charge < -0.3 is 10.4 Å². The van der Waals surface area contributed by atoms with E-state index in [-0.39, 0.29) is 6.61 Å². The minimum Gasteiger partial charge on any atom is -0.394 e. The summed E-state index contributed by atoms with van der Waals surface area (Å²) in [6.07, 6.45) is 1.41. The van der Waals surface area contributed by atoms with Gasteiger partial charge in [-0.2, -0.15) is 0 Å². The highest BCUT2D eigenvalue weighted by molar-refractivity contribution is 5.91. The molecule has 2 unspecified atom stereocenters. The Morgan fingerprint density at radius 3 is 2.89 bits per heavy atom. The zero-order chi connectivity index (χ0) is 14.0. The van der Waals surface area contributed by atoms with Crippen LogP contribution in [0.15, 0.2) is 36.7 Å². The Bertz CT molecular complexity index is 515. The van der Waals surface area contributed by atoms with Gasteiger partial charge in [0.05, 0.1) is 12.1 Å².